The van der Waals surface area contributed by atoms with Gasteiger partial charge in [-0.25, -0.2) is 0 Å². The van der Waals surface area contributed by atoms with Crippen molar-refractivity contribution in [1.82, 2.24) is 10.2 Å². The SMILES string of the molecule is CC(C)CNCCC(C)N(C)CCc1ccccc1. The highest BCUT2D eigenvalue weighted by atomic mass is 15.1. The number of hydrogen-bond donors (Lipinski definition) is 1. The molecule has 0 aliphatic carbocycles. The zero-order chi connectivity index (χ0) is 14.1. The lowest BCUT2D eigenvalue weighted by Gasteiger charge is -2.25. The lowest BCUT2D eigenvalue weighted by molar-refractivity contribution is 0.247. The van der Waals surface area contributed by atoms with Crippen LogP contribution >= 0.6 is 0 Å². The summed E-state index contributed by atoms with van der Waals surface area (Å²) in [6.45, 7) is 10.2. The average Bonchev–Trinajstić information content (AvgIpc) is 2.41. The van der Waals surface area contributed by atoms with E-state index in [4.69, 9.17) is 0 Å². The molecule has 19 heavy (non-hydrogen) atoms. The second-order valence-electron chi connectivity index (χ2n) is 5.95. The van der Waals surface area contributed by atoms with E-state index in [1.54, 1.807) is 0 Å². The van der Waals surface area contributed by atoms with Crippen molar-refractivity contribution in [2.75, 3.05) is 26.7 Å². The van der Waals surface area contributed by atoms with Crippen molar-refractivity contribution in [2.24, 2.45) is 5.92 Å². The van der Waals surface area contributed by atoms with Crippen molar-refractivity contribution in [3.05, 3.63) is 35.9 Å². The molecule has 2 heteroatoms. The van der Waals surface area contributed by atoms with Crippen LogP contribution in [0.15, 0.2) is 30.3 Å². The van der Waals surface area contributed by atoms with Gasteiger partial charge in [0.1, 0.15) is 0 Å². The Labute approximate surface area is 119 Å². The minimum Gasteiger partial charge on any atom is -0.316 e. The summed E-state index contributed by atoms with van der Waals surface area (Å²) in [5.74, 6) is 0.742. The van der Waals surface area contributed by atoms with Crippen molar-refractivity contribution < 1.29 is 0 Å². The second-order valence-corrected chi connectivity index (χ2v) is 5.95. The summed E-state index contributed by atoms with van der Waals surface area (Å²) in [5.41, 5.74) is 1.43. The maximum atomic E-state index is 3.52. The summed E-state index contributed by atoms with van der Waals surface area (Å²) in [5, 5.41) is 3.52. The fraction of sp³-hybridized carbons (Fsp3) is 0.647. The molecular formula is C17H30N2. The van der Waals surface area contributed by atoms with Gasteiger partial charge in [0.15, 0.2) is 0 Å². The van der Waals surface area contributed by atoms with Crippen molar-refractivity contribution in [2.45, 2.75) is 39.7 Å². The van der Waals surface area contributed by atoms with Gasteiger partial charge in [-0.05, 0) is 51.4 Å². The normalized spacial score (nSPS) is 13.2. The van der Waals surface area contributed by atoms with Gasteiger partial charge >= 0.3 is 0 Å². The zero-order valence-corrected chi connectivity index (χ0v) is 13.0. The van der Waals surface area contributed by atoms with Gasteiger partial charge in [0, 0.05) is 12.6 Å². The molecule has 0 bridgehead atoms. The van der Waals surface area contributed by atoms with Crippen LogP contribution in [0.2, 0.25) is 0 Å². The highest BCUT2D eigenvalue weighted by molar-refractivity contribution is 5.14. The number of likely N-dealkylation sites (N-methyl/N-ethyl adjacent to an activating group) is 1. The van der Waals surface area contributed by atoms with E-state index in [1.807, 2.05) is 0 Å². The maximum absolute atomic E-state index is 3.52. The number of rotatable bonds is 9. The minimum atomic E-state index is 0.642. The summed E-state index contributed by atoms with van der Waals surface area (Å²) in [7, 11) is 2.23. The molecule has 2 nitrogen and oxygen atoms in total. The Bertz CT molecular complexity index is 321. The summed E-state index contributed by atoms with van der Waals surface area (Å²) in [4.78, 5) is 2.46. The van der Waals surface area contributed by atoms with Crippen LogP contribution in [0.1, 0.15) is 32.8 Å². The maximum Gasteiger partial charge on any atom is 0.00760 e. The lowest BCUT2D eigenvalue weighted by atomic mass is 10.1. The third-order valence-corrected chi connectivity index (χ3v) is 3.64. The number of nitrogens with zero attached hydrogens (tertiary/aromatic N) is 1. The van der Waals surface area contributed by atoms with Gasteiger partial charge in [0.05, 0.1) is 0 Å². The quantitative estimate of drug-likeness (QED) is 0.688. The third kappa shape index (κ3) is 7.34. The first-order valence-electron chi connectivity index (χ1n) is 7.54. The Morgan fingerprint density at radius 2 is 1.79 bits per heavy atom. The number of nitrogens with one attached hydrogen (secondary N) is 1. The molecule has 1 aromatic rings. The smallest absolute Gasteiger partial charge is 0.00760 e. The summed E-state index contributed by atoms with van der Waals surface area (Å²) in [6.07, 6.45) is 2.36. The minimum absolute atomic E-state index is 0.642. The van der Waals surface area contributed by atoms with Crippen LogP contribution in [-0.4, -0.2) is 37.6 Å². The van der Waals surface area contributed by atoms with Crippen LogP contribution in [0.3, 0.4) is 0 Å². The molecule has 1 unspecified atom stereocenters. The lowest BCUT2D eigenvalue weighted by Crippen LogP contribution is -2.34. The van der Waals surface area contributed by atoms with Gasteiger partial charge in [-0.3, -0.25) is 0 Å². The molecule has 0 fully saturated rings. The molecule has 0 heterocycles. The van der Waals surface area contributed by atoms with E-state index in [0.717, 1.165) is 32.0 Å². The molecule has 108 valence electrons. The van der Waals surface area contributed by atoms with E-state index in [2.05, 4.69) is 68.4 Å². The summed E-state index contributed by atoms with van der Waals surface area (Å²) < 4.78 is 0. The van der Waals surface area contributed by atoms with Gasteiger partial charge in [-0.1, -0.05) is 44.2 Å². The number of benzene rings is 1. The Morgan fingerprint density at radius 3 is 2.42 bits per heavy atom. The van der Waals surface area contributed by atoms with Crippen LogP contribution in [0.4, 0.5) is 0 Å². The summed E-state index contributed by atoms with van der Waals surface area (Å²) in [6, 6.07) is 11.4. The first kappa shape index (κ1) is 16.2. The standard InChI is InChI=1S/C17H30N2/c1-15(2)14-18-12-10-16(3)19(4)13-11-17-8-6-5-7-9-17/h5-9,15-16,18H,10-14H2,1-4H3. The van der Waals surface area contributed by atoms with Crippen molar-refractivity contribution in [3.8, 4) is 0 Å². The van der Waals surface area contributed by atoms with E-state index in [0.29, 0.717) is 6.04 Å². The second kappa shape index (κ2) is 9.11. The molecule has 0 saturated carbocycles. The van der Waals surface area contributed by atoms with Gasteiger partial charge in [-0.15, -0.1) is 0 Å². The van der Waals surface area contributed by atoms with Gasteiger partial charge in [-0.2, -0.15) is 0 Å². The molecule has 1 N–H and O–H groups in total. The highest BCUT2D eigenvalue weighted by Gasteiger charge is 2.08. The Hall–Kier alpha value is -0.860. The fourth-order valence-electron chi connectivity index (χ4n) is 2.09. The molecule has 0 aliphatic heterocycles. The largest absolute Gasteiger partial charge is 0.316 e. The third-order valence-electron chi connectivity index (χ3n) is 3.64. The molecule has 0 spiro atoms. The van der Waals surface area contributed by atoms with E-state index in [9.17, 15) is 0 Å². The van der Waals surface area contributed by atoms with Gasteiger partial charge in [0.2, 0.25) is 0 Å². The van der Waals surface area contributed by atoms with E-state index in [1.165, 1.54) is 12.0 Å². The molecule has 0 aliphatic rings. The van der Waals surface area contributed by atoms with Crippen LogP contribution in [0.5, 0.6) is 0 Å². The Kier molecular flexibility index (Phi) is 7.76. The predicted molar refractivity (Wildman–Crippen MR) is 84.6 cm³/mol. The first-order chi connectivity index (χ1) is 9.09. The topological polar surface area (TPSA) is 15.3 Å². The van der Waals surface area contributed by atoms with Crippen LogP contribution in [0, 0.1) is 5.92 Å². The molecule has 1 atom stereocenters. The van der Waals surface area contributed by atoms with Crippen molar-refractivity contribution in [1.29, 1.82) is 0 Å². The van der Waals surface area contributed by atoms with E-state index < -0.39 is 0 Å². The average molecular weight is 262 g/mol. The highest BCUT2D eigenvalue weighted by Crippen LogP contribution is 2.05. The van der Waals surface area contributed by atoms with Crippen molar-refractivity contribution in [3.63, 3.8) is 0 Å². The van der Waals surface area contributed by atoms with Crippen LogP contribution < -0.4 is 5.32 Å². The molecular weight excluding hydrogens is 232 g/mol. The Balaban J connectivity index is 2.16. The molecule has 1 aromatic carbocycles. The van der Waals surface area contributed by atoms with E-state index >= 15 is 0 Å². The molecule has 0 amide bonds. The van der Waals surface area contributed by atoms with Gasteiger partial charge in [0.25, 0.3) is 0 Å². The zero-order valence-electron chi connectivity index (χ0n) is 13.0. The molecule has 0 aromatic heterocycles. The molecule has 0 saturated heterocycles. The molecule has 0 radical (unpaired) electrons. The van der Waals surface area contributed by atoms with Crippen molar-refractivity contribution >= 4 is 0 Å². The number of hydrogen-bond acceptors (Lipinski definition) is 2. The fourth-order valence-corrected chi connectivity index (χ4v) is 2.09. The van der Waals surface area contributed by atoms with Gasteiger partial charge < -0.3 is 10.2 Å². The van der Waals surface area contributed by atoms with Crippen LogP contribution in [0.25, 0.3) is 0 Å². The van der Waals surface area contributed by atoms with Crippen LogP contribution in [-0.2, 0) is 6.42 Å². The Morgan fingerprint density at radius 1 is 1.11 bits per heavy atom. The monoisotopic (exact) mass is 262 g/mol. The predicted octanol–water partition coefficient (Wildman–Crippen LogP) is 3.19. The van der Waals surface area contributed by atoms with E-state index in [-0.39, 0.29) is 0 Å². The molecule has 1 rings (SSSR count). The summed E-state index contributed by atoms with van der Waals surface area (Å²) >= 11 is 0. The first-order valence-corrected chi connectivity index (χ1v) is 7.54.